The first-order valence-electron chi connectivity index (χ1n) is 8.89. The van der Waals surface area contributed by atoms with Crippen LogP contribution in [0.25, 0.3) is 0 Å². The van der Waals surface area contributed by atoms with Crippen molar-refractivity contribution in [2.75, 3.05) is 10.6 Å². The number of nitrogens with zero attached hydrogens (tertiary/aromatic N) is 4. The minimum Gasteiger partial charge on any atom is -0.347 e. The van der Waals surface area contributed by atoms with Gasteiger partial charge in [0.1, 0.15) is 17.5 Å². The number of H-pyrrole nitrogens is 1. The van der Waals surface area contributed by atoms with E-state index < -0.39 is 17.7 Å². The number of halogens is 2. The van der Waals surface area contributed by atoms with E-state index in [-0.39, 0.29) is 11.4 Å². The van der Waals surface area contributed by atoms with E-state index in [1.54, 1.807) is 13.8 Å². The third-order valence-corrected chi connectivity index (χ3v) is 4.15. The Labute approximate surface area is 162 Å². The molecule has 9 heteroatoms. The number of aromatic nitrogens is 5. The monoisotopic (exact) mass is 387 g/mol. The molecule has 1 unspecified atom stereocenters. The molecule has 3 N–H and O–H groups in total. The van der Waals surface area contributed by atoms with Crippen LogP contribution in [0.4, 0.5) is 26.5 Å². The molecular weight excluding hydrogens is 364 g/mol. The van der Waals surface area contributed by atoms with E-state index in [1.807, 2.05) is 6.07 Å². The highest BCUT2D eigenvalue weighted by molar-refractivity contribution is 5.50. The maximum Gasteiger partial charge on any atom is 0.233 e. The first kappa shape index (κ1) is 19.7. The van der Waals surface area contributed by atoms with Crippen LogP contribution >= 0.6 is 0 Å². The van der Waals surface area contributed by atoms with Gasteiger partial charge in [-0.3, -0.25) is 5.10 Å². The molecule has 0 saturated heterocycles. The Morgan fingerprint density at radius 3 is 2.39 bits per heavy atom. The summed E-state index contributed by atoms with van der Waals surface area (Å²) < 4.78 is 27.1. The number of rotatable bonds is 5. The van der Waals surface area contributed by atoms with Gasteiger partial charge in [-0.2, -0.15) is 20.1 Å². The number of hydrogen-bond acceptors (Lipinski definition) is 6. The van der Waals surface area contributed by atoms with Crippen molar-refractivity contribution in [1.29, 1.82) is 0 Å². The zero-order valence-electron chi connectivity index (χ0n) is 16.4. The van der Waals surface area contributed by atoms with Crippen molar-refractivity contribution in [2.24, 2.45) is 0 Å². The lowest BCUT2D eigenvalue weighted by atomic mass is 9.92. The smallest absolute Gasteiger partial charge is 0.233 e. The van der Waals surface area contributed by atoms with Crippen LogP contribution in [-0.2, 0) is 5.41 Å². The molecule has 0 fully saturated rings. The van der Waals surface area contributed by atoms with Gasteiger partial charge in [-0.1, -0.05) is 26.8 Å². The van der Waals surface area contributed by atoms with Crippen LogP contribution < -0.4 is 10.6 Å². The molecule has 1 atom stereocenters. The van der Waals surface area contributed by atoms with Crippen molar-refractivity contribution < 1.29 is 8.78 Å². The number of anilines is 3. The second kappa shape index (κ2) is 7.49. The van der Waals surface area contributed by atoms with Crippen LogP contribution in [0.3, 0.4) is 0 Å². The van der Waals surface area contributed by atoms with Gasteiger partial charge in [-0.15, -0.1) is 0 Å². The molecule has 2 aromatic heterocycles. The Bertz CT molecular complexity index is 979. The summed E-state index contributed by atoms with van der Waals surface area (Å²) in [5.41, 5.74) is 1.22. The summed E-state index contributed by atoms with van der Waals surface area (Å²) in [6.07, 6.45) is 0. The van der Waals surface area contributed by atoms with E-state index in [1.165, 1.54) is 12.1 Å². The van der Waals surface area contributed by atoms with Gasteiger partial charge in [-0.25, -0.2) is 8.78 Å². The van der Waals surface area contributed by atoms with Gasteiger partial charge in [0.15, 0.2) is 5.82 Å². The van der Waals surface area contributed by atoms with E-state index in [0.717, 1.165) is 11.8 Å². The molecule has 0 saturated carbocycles. The summed E-state index contributed by atoms with van der Waals surface area (Å²) in [5.74, 6) is 0.406. The van der Waals surface area contributed by atoms with Crippen LogP contribution in [0.1, 0.15) is 50.8 Å². The molecule has 28 heavy (non-hydrogen) atoms. The summed E-state index contributed by atoms with van der Waals surface area (Å²) in [4.78, 5) is 12.8. The maximum atomic E-state index is 14.0. The van der Waals surface area contributed by atoms with E-state index in [2.05, 4.69) is 56.6 Å². The van der Waals surface area contributed by atoms with Gasteiger partial charge in [0.25, 0.3) is 0 Å². The van der Waals surface area contributed by atoms with Crippen molar-refractivity contribution in [3.63, 3.8) is 0 Å². The zero-order chi connectivity index (χ0) is 20.5. The fraction of sp³-hybridized carbons (Fsp3) is 0.368. The highest BCUT2D eigenvalue weighted by Gasteiger charge is 2.18. The van der Waals surface area contributed by atoms with Gasteiger partial charge >= 0.3 is 0 Å². The molecule has 0 aliphatic heterocycles. The zero-order valence-corrected chi connectivity index (χ0v) is 16.4. The molecule has 0 radical (unpaired) electrons. The van der Waals surface area contributed by atoms with Crippen molar-refractivity contribution in [2.45, 2.75) is 46.1 Å². The van der Waals surface area contributed by atoms with Crippen LogP contribution in [0.5, 0.6) is 0 Å². The van der Waals surface area contributed by atoms with E-state index in [4.69, 9.17) is 0 Å². The molecule has 0 amide bonds. The normalized spacial score (nSPS) is 12.7. The van der Waals surface area contributed by atoms with Gasteiger partial charge < -0.3 is 10.6 Å². The Morgan fingerprint density at radius 2 is 1.75 bits per heavy atom. The third kappa shape index (κ3) is 4.59. The summed E-state index contributed by atoms with van der Waals surface area (Å²) >= 11 is 0. The van der Waals surface area contributed by atoms with E-state index in [0.29, 0.717) is 23.2 Å². The van der Waals surface area contributed by atoms with E-state index in [9.17, 15) is 8.78 Å². The minimum atomic E-state index is -0.629. The molecule has 148 valence electrons. The lowest BCUT2D eigenvalue weighted by Gasteiger charge is -2.16. The van der Waals surface area contributed by atoms with Gasteiger partial charge in [0.2, 0.25) is 11.9 Å². The molecule has 1 aromatic carbocycles. The number of aryl methyl sites for hydroxylation is 1. The Kier molecular flexibility index (Phi) is 5.26. The van der Waals surface area contributed by atoms with Crippen molar-refractivity contribution in [3.05, 3.63) is 53.0 Å². The predicted molar refractivity (Wildman–Crippen MR) is 104 cm³/mol. The SMILES string of the molecule is Cc1nc(Nc2cc(C(C)(C)C)[nH]n2)nc(NC(C)c2ccc(F)cc2F)n1. The average Bonchev–Trinajstić information content (AvgIpc) is 3.02. The van der Waals surface area contributed by atoms with Crippen molar-refractivity contribution in [3.8, 4) is 0 Å². The first-order valence-corrected chi connectivity index (χ1v) is 8.89. The quantitative estimate of drug-likeness (QED) is 0.601. The first-order chi connectivity index (χ1) is 13.1. The van der Waals surface area contributed by atoms with Gasteiger partial charge in [0, 0.05) is 28.8 Å². The van der Waals surface area contributed by atoms with Crippen molar-refractivity contribution >= 4 is 17.7 Å². The second-order valence-electron chi connectivity index (χ2n) is 7.60. The molecule has 0 aliphatic carbocycles. The summed E-state index contributed by atoms with van der Waals surface area (Å²) in [5, 5.41) is 13.3. The Balaban J connectivity index is 1.78. The Morgan fingerprint density at radius 1 is 1.04 bits per heavy atom. The van der Waals surface area contributed by atoms with Crippen LogP contribution in [0.2, 0.25) is 0 Å². The predicted octanol–water partition coefficient (Wildman–Crippen LogP) is 4.40. The summed E-state index contributed by atoms with van der Waals surface area (Å²) in [6, 6.07) is 4.89. The second-order valence-corrected chi connectivity index (χ2v) is 7.60. The molecule has 2 heterocycles. The third-order valence-electron chi connectivity index (χ3n) is 4.15. The molecule has 3 rings (SSSR count). The Hall–Kier alpha value is -3.10. The van der Waals surface area contributed by atoms with E-state index >= 15 is 0 Å². The number of benzene rings is 1. The lowest BCUT2D eigenvalue weighted by Crippen LogP contribution is -2.13. The van der Waals surface area contributed by atoms with Crippen LogP contribution in [0, 0.1) is 18.6 Å². The highest BCUT2D eigenvalue weighted by Crippen LogP contribution is 2.24. The molecule has 7 nitrogen and oxygen atoms in total. The molecule has 0 spiro atoms. The van der Waals surface area contributed by atoms with Gasteiger partial charge in [0.05, 0.1) is 6.04 Å². The van der Waals surface area contributed by atoms with Crippen molar-refractivity contribution in [1.82, 2.24) is 25.1 Å². The number of hydrogen-bond donors (Lipinski definition) is 3. The molecule has 0 aliphatic rings. The molecule has 0 bridgehead atoms. The van der Waals surface area contributed by atoms with Crippen LogP contribution in [-0.4, -0.2) is 25.1 Å². The number of aromatic amines is 1. The molecule has 3 aromatic rings. The lowest BCUT2D eigenvalue weighted by molar-refractivity contribution is 0.565. The maximum absolute atomic E-state index is 14.0. The fourth-order valence-corrected chi connectivity index (χ4v) is 2.61. The van der Waals surface area contributed by atoms with Gasteiger partial charge in [-0.05, 0) is 19.9 Å². The topological polar surface area (TPSA) is 91.4 Å². The molecular formula is C19H23F2N7. The summed E-state index contributed by atoms with van der Waals surface area (Å²) in [6.45, 7) is 9.71. The highest BCUT2D eigenvalue weighted by atomic mass is 19.1. The fourth-order valence-electron chi connectivity index (χ4n) is 2.61. The largest absolute Gasteiger partial charge is 0.347 e. The van der Waals surface area contributed by atoms with Crippen LogP contribution in [0.15, 0.2) is 24.3 Å². The summed E-state index contributed by atoms with van der Waals surface area (Å²) in [7, 11) is 0. The standard InChI is InChI=1S/C19H23F2N7/c1-10(13-7-6-12(20)8-14(13)21)22-17-23-11(2)24-18(26-17)25-16-9-15(27-28-16)19(3,4)5/h6-10H,1-5H3,(H3,22,23,24,25,26,27,28). The average molecular weight is 387 g/mol. The number of nitrogens with one attached hydrogen (secondary N) is 3. The minimum absolute atomic E-state index is 0.0661.